The number of anilines is 6. The average molecular weight is 913 g/mol. The van der Waals surface area contributed by atoms with Crippen molar-refractivity contribution in [2.24, 2.45) is 0 Å². The molecule has 0 saturated heterocycles. The van der Waals surface area contributed by atoms with Gasteiger partial charge in [-0.2, -0.15) is 0 Å². The third kappa shape index (κ3) is 6.73. The summed E-state index contributed by atoms with van der Waals surface area (Å²) in [5.41, 5.74) is 17.0. The van der Waals surface area contributed by atoms with Crippen LogP contribution in [0.25, 0.3) is 53.5 Å². The minimum absolute atomic E-state index is 0.0192. The van der Waals surface area contributed by atoms with E-state index in [1.54, 1.807) is 0 Å². The summed E-state index contributed by atoms with van der Waals surface area (Å²) in [6.45, 7) is 21.3. The highest BCUT2D eigenvalue weighted by atomic mass is 32.1. The SMILES string of the molecule is CCC(C)(C)c1ccc(N2c3cccc4c3B(c3ccc(C(C)(C)CC)cc3N4c3ccc(-c4ccc5c6ccccc6c6ccccc6c5c4)cc3)c3sc4ccc(C(C)(C)CC)cc4c32)cc1. The number of hydrogen-bond donors (Lipinski definition) is 0. The molecule has 0 spiro atoms. The zero-order chi connectivity index (χ0) is 47.6. The van der Waals surface area contributed by atoms with Crippen LogP contribution >= 0.6 is 11.3 Å². The van der Waals surface area contributed by atoms with E-state index in [-0.39, 0.29) is 23.0 Å². The number of rotatable bonds is 9. The molecule has 2 nitrogen and oxygen atoms in total. The van der Waals surface area contributed by atoms with Crippen molar-refractivity contribution in [3.63, 3.8) is 0 Å². The predicted molar refractivity (Wildman–Crippen MR) is 304 cm³/mol. The Labute approximate surface area is 413 Å². The van der Waals surface area contributed by atoms with Gasteiger partial charge in [-0.3, -0.25) is 0 Å². The van der Waals surface area contributed by atoms with Gasteiger partial charge in [0.25, 0.3) is 6.71 Å². The highest BCUT2D eigenvalue weighted by molar-refractivity contribution is 7.33. The van der Waals surface area contributed by atoms with Crippen LogP contribution in [0, 0.1) is 0 Å². The molecule has 0 radical (unpaired) electrons. The fourth-order valence-corrected chi connectivity index (χ4v) is 12.7. The average Bonchev–Trinajstić information content (AvgIpc) is 3.77. The van der Waals surface area contributed by atoms with Gasteiger partial charge in [0.15, 0.2) is 0 Å². The molecule has 0 fully saturated rings. The number of thiophene rings is 1. The van der Waals surface area contributed by atoms with E-state index in [1.165, 1.54) is 120 Å². The predicted octanol–water partition coefficient (Wildman–Crippen LogP) is 17.2. The summed E-state index contributed by atoms with van der Waals surface area (Å²) in [7, 11) is 0. The van der Waals surface area contributed by atoms with Crippen LogP contribution in [0.2, 0.25) is 0 Å². The summed E-state index contributed by atoms with van der Waals surface area (Å²) in [5.74, 6) is 0. The van der Waals surface area contributed by atoms with Crippen molar-refractivity contribution in [1.29, 1.82) is 0 Å². The lowest BCUT2D eigenvalue weighted by molar-refractivity contribution is 0.506. The van der Waals surface area contributed by atoms with E-state index in [2.05, 4.69) is 242 Å². The van der Waals surface area contributed by atoms with Crippen LogP contribution in [0.4, 0.5) is 34.1 Å². The van der Waals surface area contributed by atoms with E-state index in [9.17, 15) is 0 Å². The summed E-state index contributed by atoms with van der Waals surface area (Å²) < 4.78 is 2.77. The summed E-state index contributed by atoms with van der Waals surface area (Å²) in [6, 6.07) is 65.5. The normalized spacial score (nSPS) is 13.7. The summed E-state index contributed by atoms with van der Waals surface area (Å²) in [6.07, 6.45) is 3.22. The van der Waals surface area contributed by atoms with E-state index < -0.39 is 0 Å². The summed E-state index contributed by atoms with van der Waals surface area (Å²) in [5, 5.41) is 9.15. The van der Waals surface area contributed by atoms with Crippen molar-refractivity contribution in [3.05, 3.63) is 187 Å². The molecule has 4 heteroatoms. The van der Waals surface area contributed by atoms with Crippen LogP contribution < -0.4 is 25.5 Å². The van der Waals surface area contributed by atoms with Gasteiger partial charge in [0.1, 0.15) is 0 Å². The Balaban J connectivity index is 1.06. The number of fused-ring (bicyclic) bond motifs is 12. The molecule has 340 valence electrons. The number of hydrogen-bond acceptors (Lipinski definition) is 3. The molecule has 1 aromatic heterocycles. The first kappa shape index (κ1) is 43.7. The van der Waals surface area contributed by atoms with Crippen molar-refractivity contribution in [1.82, 2.24) is 0 Å². The van der Waals surface area contributed by atoms with Gasteiger partial charge in [-0.05, 0) is 167 Å². The molecule has 0 atom stereocenters. The highest BCUT2D eigenvalue weighted by Crippen LogP contribution is 2.49. The second kappa shape index (κ2) is 16.0. The van der Waals surface area contributed by atoms with Gasteiger partial charge in [-0.1, -0.05) is 172 Å². The van der Waals surface area contributed by atoms with Crippen molar-refractivity contribution in [2.45, 2.75) is 97.8 Å². The van der Waals surface area contributed by atoms with Gasteiger partial charge in [0.2, 0.25) is 0 Å². The third-order valence-electron chi connectivity index (χ3n) is 16.9. The molecule has 69 heavy (non-hydrogen) atoms. The number of nitrogens with zero attached hydrogens (tertiary/aromatic N) is 2. The van der Waals surface area contributed by atoms with E-state index in [0.29, 0.717) is 0 Å². The van der Waals surface area contributed by atoms with Crippen molar-refractivity contribution >= 4 is 110 Å². The Morgan fingerprint density at radius 2 is 0.899 bits per heavy atom. The van der Waals surface area contributed by atoms with Gasteiger partial charge >= 0.3 is 0 Å². The first-order chi connectivity index (χ1) is 33.3. The summed E-state index contributed by atoms with van der Waals surface area (Å²) in [4.78, 5) is 5.19. The van der Waals surface area contributed by atoms with Gasteiger partial charge in [-0.25, -0.2) is 0 Å². The monoisotopic (exact) mass is 912 g/mol. The number of benzene rings is 9. The van der Waals surface area contributed by atoms with Crippen LogP contribution in [-0.2, 0) is 16.2 Å². The van der Waals surface area contributed by atoms with Crippen molar-refractivity contribution in [3.8, 4) is 11.1 Å². The van der Waals surface area contributed by atoms with E-state index in [4.69, 9.17) is 0 Å². The Bertz CT molecular complexity index is 3630. The zero-order valence-corrected chi connectivity index (χ0v) is 42.5. The van der Waals surface area contributed by atoms with Crippen LogP contribution in [-0.4, -0.2) is 6.71 Å². The van der Waals surface area contributed by atoms with Gasteiger partial charge in [0, 0.05) is 43.3 Å². The molecule has 0 bridgehead atoms. The molecule has 12 rings (SSSR count). The lowest BCUT2D eigenvalue weighted by atomic mass is 9.36. The molecule has 3 heterocycles. The van der Waals surface area contributed by atoms with Crippen molar-refractivity contribution in [2.75, 3.05) is 9.80 Å². The molecule has 0 amide bonds. The van der Waals surface area contributed by atoms with Gasteiger partial charge in [-0.15, -0.1) is 11.3 Å². The molecule has 2 aliphatic heterocycles. The van der Waals surface area contributed by atoms with Gasteiger partial charge in [0.05, 0.1) is 5.69 Å². The maximum atomic E-state index is 2.61. The Hall–Kier alpha value is -6.62. The molecule has 10 aromatic rings. The quantitative estimate of drug-likeness (QED) is 0.105. The van der Waals surface area contributed by atoms with Crippen LogP contribution in [0.3, 0.4) is 0 Å². The second-order valence-electron chi connectivity index (χ2n) is 21.8. The lowest BCUT2D eigenvalue weighted by Gasteiger charge is -2.43. The van der Waals surface area contributed by atoms with Crippen LogP contribution in [0.1, 0.15) is 98.3 Å². The second-order valence-corrected chi connectivity index (χ2v) is 22.9. The standard InChI is InChI=1S/C65H61BN2S/c1-10-63(4,5)43-27-33-47(34-28-43)68-57-23-17-22-56-60(57)66(62-61(68)54-39-44(64(6,7)11-2)30-37-59(54)69-62)55-36-29-45(65(8,9)12-3)40-58(55)67(56)46-31-24-41(25-32-46)42-26-35-52-50-20-14-13-18-48(50)49-19-15-16-21-51(49)53(52)38-42/h13-40H,10-12H2,1-9H3. The summed E-state index contributed by atoms with van der Waals surface area (Å²) >= 11 is 1.99. The minimum atomic E-state index is 0.0192. The molecule has 0 saturated carbocycles. The topological polar surface area (TPSA) is 6.48 Å². The molecule has 0 aliphatic carbocycles. The third-order valence-corrected chi connectivity index (χ3v) is 18.1. The smallest absolute Gasteiger partial charge is 0.264 e. The molecule has 0 unspecified atom stereocenters. The Morgan fingerprint density at radius 3 is 1.52 bits per heavy atom. The largest absolute Gasteiger partial charge is 0.311 e. The first-order valence-electron chi connectivity index (χ1n) is 25.3. The Kier molecular flexibility index (Phi) is 10.1. The Morgan fingerprint density at radius 1 is 0.406 bits per heavy atom. The molecular formula is C65H61BN2S. The first-order valence-corrected chi connectivity index (χ1v) is 26.1. The van der Waals surface area contributed by atoms with Crippen LogP contribution in [0.15, 0.2) is 170 Å². The van der Waals surface area contributed by atoms with E-state index >= 15 is 0 Å². The fraction of sp³-hybridized carbons (Fsp3) is 0.231. The van der Waals surface area contributed by atoms with Gasteiger partial charge < -0.3 is 9.80 Å². The zero-order valence-electron chi connectivity index (χ0n) is 41.7. The highest BCUT2D eigenvalue weighted by Gasteiger charge is 2.45. The lowest BCUT2D eigenvalue weighted by Crippen LogP contribution is -2.60. The maximum absolute atomic E-state index is 2.61. The maximum Gasteiger partial charge on any atom is 0.264 e. The molecule has 2 aliphatic rings. The van der Waals surface area contributed by atoms with E-state index in [0.717, 1.165) is 19.3 Å². The van der Waals surface area contributed by atoms with Crippen LogP contribution in [0.5, 0.6) is 0 Å². The minimum Gasteiger partial charge on any atom is -0.311 e. The molecule has 0 N–H and O–H groups in total. The fourth-order valence-electron chi connectivity index (χ4n) is 11.4. The molecule has 9 aromatic carbocycles. The van der Waals surface area contributed by atoms with Crippen molar-refractivity contribution < 1.29 is 0 Å². The molecular weight excluding hydrogens is 852 g/mol. The van der Waals surface area contributed by atoms with E-state index in [1.807, 2.05) is 11.3 Å².